The van der Waals surface area contributed by atoms with Crippen LogP contribution in [0.3, 0.4) is 0 Å². The van der Waals surface area contributed by atoms with E-state index in [1.165, 1.54) is 6.07 Å². The molecule has 0 saturated carbocycles. The van der Waals surface area contributed by atoms with Gasteiger partial charge >= 0.3 is 6.03 Å². The number of anilines is 1. The Morgan fingerprint density at radius 2 is 1.72 bits per heavy atom. The van der Waals surface area contributed by atoms with Gasteiger partial charge in [0.1, 0.15) is 0 Å². The van der Waals surface area contributed by atoms with Crippen LogP contribution in [0.25, 0.3) is 0 Å². The largest absolute Gasteiger partial charge is 0.322 e. The minimum absolute atomic E-state index is 0.182. The molecule has 0 unspecified atom stereocenters. The van der Waals surface area contributed by atoms with Gasteiger partial charge in [0.05, 0.1) is 0 Å². The number of urea groups is 1. The predicted molar refractivity (Wildman–Crippen MR) is 93.7 cm³/mol. The summed E-state index contributed by atoms with van der Waals surface area (Å²) >= 11 is 5.82. The van der Waals surface area contributed by atoms with E-state index in [1.807, 2.05) is 4.90 Å². The van der Waals surface area contributed by atoms with Gasteiger partial charge in [-0.05, 0) is 30.3 Å². The molecule has 1 aliphatic heterocycles. The van der Waals surface area contributed by atoms with E-state index in [0.29, 0.717) is 49.0 Å². The van der Waals surface area contributed by atoms with E-state index in [4.69, 9.17) is 11.6 Å². The molecule has 0 radical (unpaired) electrons. The molecule has 25 heavy (non-hydrogen) atoms. The molecule has 0 atom stereocenters. The second-order valence-electron chi connectivity index (χ2n) is 5.91. The molecule has 1 saturated heterocycles. The van der Waals surface area contributed by atoms with Gasteiger partial charge in [0.25, 0.3) is 0 Å². The highest BCUT2D eigenvalue weighted by Gasteiger charge is 2.22. The smallest absolute Gasteiger partial charge is 0.321 e. The van der Waals surface area contributed by atoms with Crippen molar-refractivity contribution in [3.8, 4) is 0 Å². The Morgan fingerprint density at radius 1 is 1.04 bits per heavy atom. The van der Waals surface area contributed by atoms with Crippen LogP contribution in [0.1, 0.15) is 5.56 Å². The van der Waals surface area contributed by atoms with Crippen LogP contribution < -0.4 is 5.32 Å². The molecular weight excluding hydrogens is 348 g/mol. The Balaban J connectivity index is 1.52. The molecule has 0 aromatic heterocycles. The van der Waals surface area contributed by atoms with Gasteiger partial charge in [-0.25, -0.2) is 13.6 Å². The first-order valence-electron chi connectivity index (χ1n) is 7.99. The Kier molecular flexibility index (Phi) is 5.50. The summed E-state index contributed by atoms with van der Waals surface area (Å²) in [5, 5.41) is 3.43. The Labute approximate surface area is 150 Å². The predicted octanol–water partition coefficient (Wildman–Crippen LogP) is 3.97. The minimum atomic E-state index is -0.835. The fourth-order valence-corrected chi connectivity index (χ4v) is 2.88. The molecule has 4 nitrogen and oxygen atoms in total. The van der Waals surface area contributed by atoms with Crippen molar-refractivity contribution in [2.75, 3.05) is 31.5 Å². The van der Waals surface area contributed by atoms with E-state index < -0.39 is 11.6 Å². The summed E-state index contributed by atoms with van der Waals surface area (Å²) in [5.41, 5.74) is 1.01. The molecule has 1 aliphatic rings. The third kappa shape index (κ3) is 4.46. The number of halogens is 3. The third-order valence-electron chi connectivity index (χ3n) is 4.18. The molecule has 1 fully saturated rings. The summed E-state index contributed by atoms with van der Waals surface area (Å²) in [7, 11) is 0. The summed E-state index contributed by atoms with van der Waals surface area (Å²) in [6.45, 7) is 2.58. The van der Waals surface area contributed by atoms with Crippen molar-refractivity contribution < 1.29 is 13.6 Å². The van der Waals surface area contributed by atoms with Gasteiger partial charge in [-0.15, -0.1) is 0 Å². The first-order valence-corrected chi connectivity index (χ1v) is 8.37. The molecule has 2 aromatic carbocycles. The molecule has 3 rings (SSSR count). The number of benzene rings is 2. The zero-order valence-electron chi connectivity index (χ0n) is 13.5. The molecule has 1 N–H and O–H groups in total. The van der Waals surface area contributed by atoms with Crippen molar-refractivity contribution in [2.24, 2.45) is 0 Å². The average Bonchev–Trinajstić information content (AvgIpc) is 2.61. The molecule has 0 spiro atoms. The van der Waals surface area contributed by atoms with E-state index in [-0.39, 0.29) is 6.03 Å². The normalized spacial score (nSPS) is 15.2. The molecule has 0 bridgehead atoms. The lowest BCUT2D eigenvalue weighted by Crippen LogP contribution is -2.49. The standard InChI is InChI=1S/C18H18ClF2N3O/c19-14-4-6-15(7-5-14)22-18(25)24-10-8-23(9-11-24)12-13-2-1-3-16(20)17(13)21/h1-7H,8-12H2,(H,22,25). The number of rotatable bonds is 3. The van der Waals surface area contributed by atoms with Crippen LogP contribution >= 0.6 is 11.6 Å². The van der Waals surface area contributed by atoms with Crippen molar-refractivity contribution >= 4 is 23.3 Å². The number of hydrogen-bond donors (Lipinski definition) is 1. The van der Waals surface area contributed by atoms with Crippen molar-refractivity contribution in [3.05, 3.63) is 64.7 Å². The zero-order chi connectivity index (χ0) is 17.8. The molecule has 132 valence electrons. The summed E-state index contributed by atoms with van der Waals surface area (Å²) in [5.74, 6) is -1.64. The van der Waals surface area contributed by atoms with E-state index in [1.54, 1.807) is 35.2 Å². The highest BCUT2D eigenvalue weighted by Crippen LogP contribution is 2.16. The SMILES string of the molecule is O=C(Nc1ccc(Cl)cc1)N1CCN(Cc2cccc(F)c2F)CC1. The topological polar surface area (TPSA) is 35.6 Å². The number of nitrogens with one attached hydrogen (secondary N) is 1. The van der Waals surface area contributed by atoms with Gasteiger partial charge in [-0.1, -0.05) is 23.7 Å². The molecule has 0 aliphatic carbocycles. The maximum Gasteiger partial charge on any atom is 0.321 e. The lowest BCUT2D eigenvalue weighted by Gasteiger charge is -2.34. The Bertz CT molecular complexity index is 746. The van der Waals surface area contributed by atoms with Crippen LogP contribution in [0, 0.1) is 11.6 Å². The van der Waals surface area contributed by atoms with Gasteiger partial charge in [-0.3, -0.25) is 4.90 Å². The van der Waals surface area contributed by atoms with Gasteiger partial charge < -0.3 is 10.2 Å². The number of piperazine rings is 1. The maximum absolute atomic E-state index is 13.7. The van der Waals surface area contributed by atoms with Crippen LogP contribution in [0.2, 0.25) is 5.02 Å². The quantitative estimate of drug-likeness (QED) is 0.893. The van der Waals surface area contributed by atoms with E-state index >= 15 is 0 Å². The monoisotopic (exact) mass is 365 g/mol. The average molecular weight is 366 g/mol. The fraction of sp³-hybridized carbons (Fsp3) is 0.278. The van der Waals surface area contributed by atoms with Crippen molar-refractivity contribution in [1.29, 1.82) is 0 Å². The number of carbonyl (C=O) groups excluding carboxylic acids is 1. The molecule has 2 amide bonds. The zero-order valence-corrected chi connectivity index (χ0v) is 14.3. The van der Waals surface area contributed by atoms with Crippen LogP contribution in [0.4, 0.5) is 19.3 Å². The van der Waals surface area contributed by atoms with Crippen LogP contribution in [0.15, 0.2) is 42.5 Å². The van der Waals surface area contributed by atoms with Crippen LogP contribution in [-0.4, -0.2) is 42.0 Å². The van der Waals surface area contributed by atoms with Crippen LogP contribution in [-0.2, 0) is 6.54 Å². The summed E-state index contributed by atoms with van der Waals surface area (Å²) in [6, 6.07) is 10.9. The van der Waals surface area contributed by atoms with Gasteiger partial charge in [-0.2, -0.15) is 0 Å². The molecule has 2 aromatic rings. The van der Waals surface area contributed by atoms with Crippen molar-refractivity contribution in [2.45, 2.75) is 6.54 Å². The third-order valence-corrected chi connectivity index (χ3v) is 4.43. The highest BCUT2D eigenvalue weighted by atomic mass is 35.5. The highest BCUT2D eigenvalue weighted by molar-refractivity contribution is 6.30. The minimum Gasteiger partial charge on any atom is -0.322 e. The first-order chi connectivity index (χ1) is 12.0. The summed E-state index contributed by atoms with van der Waals surface area (Å²) in [4.78, 5) is 16.0. The Hall–Kier alpha value is -2.18. The maximum atomic E-state index is 13.7. The lowest BCUT2D eigenvalue weighted by molar-refractivity contribution is 0.142. The summed E-state index contributed by atoms with van der Waals surface area (Å²) < 4.78 is 27.0. The van der Waals surface area contributed by atoms with E-state index in [9.17, 15) is 13.6 Å². The second-order valence-corrected chi connectivity index (χ2v) is 6.35. The summed E-state index contributed by atoms with van der Waals surface area (Å²) in [6.07, 6.45) is 0. The Morgan fingerprint density at radius 3 is 2.40 bits per heavy atom. The van der Waals surface area contributed by atoms with E-state index in [0.717, 1.165) is 6.07 Å². The lowest BCUT2D eigenvalue weighted by atomic mass is 10.1. The van der Waals surface area contributed by atoms with Crippen molar-refractivity contribution in [3.63, 3.8) is 0 Å². The van der Waals surface area contributed by atoms with E-state index in [2.05, 4.69) is 5.32 Å². The number of carbonyl (C=O) groups is 1. The molecule has 7 heteroatoms. The first kappa shape index (κ1) is 17.6. The second kappa shape index (κ2) is 7.80. The molecule has 1 heterocycles. The number of nitrogens with zero attached hydrogens (tertiary/aromatic N) is 2. The number of amides is 2. The van der Waals surface area contributed by atoms with Gasteiger partial charge in [0, 0.05) is 49.0 Å². The van der Waals surface area contributed by atoms with Crippen LogP contribution in [0.5, 0.6) is 0 Å². The fourth-order valence-electron chi connectivity index (χ4n) is 2.76. The number of hydrogen-bond acceptors (Lipinski definition) is 2. The van der Waals surface area contributed by atoms with Crippen molar-refractivity contribution in [1.82, 2.24) is 9.80 Å². The molecular formula is C18H18ClF2N3O. The van der Waals surface area contributed by atoms with Gasteiger partial charge in [0.15, 0.2) is 11.6 Å². The van der Waals surface area contributed by atoms with Gasteiger partial charge in [0.2, 0.25) is 0 Å².